The zero-order valence-corrected chi connectivity index (χ0v) is 19.2. The summed E-state index contributed by atoms with van der Waals surface area (Å²) in [5, 5.41) is 0. The predicted octanol–water partition coefficient (Wildman–Crippen LogP) is 1.61. The maximum absolute atomic E-state index is 13.1. The SMILES string of the molecule is CCOC(=O)CN(CCOC)C(=O)C1CCN(S(=O)(=O)c2ccc3c(c2)CCC3)CC1. The number of carbonyl (C=O) groups is 2. The van der Waals surface area contributed by atoms with Gasteiger partial charge in [-0.1, -0.05) is 6.07 Å². The second-order valence-corrected chi connectivity index (χ2v) is 9.96. The maximum Gasteiger partial charge on any atom is 0.325 e. The standard InChI is InChI=1S/C22H32N2O6S/c1-3-30-21(25)16-23(13-14-29-2)22(26)18-9-11-24(12-10-18)31(27,28)20-8-7-17-5-4-6-19(17)15-20/h7-8,15,18H,3-6,9-14,16H2,1-2H3. The summed E-state index contributed by atoms with van der Waals surface area (Å²) in [5.74, 6) is -0.930. The van der Waals surface area contributed by atoms with Gasteiger partial charge in [0.15, 0.2) is 0 Å². The van der Waals surface area contributed by atoms with Crippen LogP contribution in [0.1, 0.15) is 37.3 Å². The molecule has 0 radical (unpaired) electrons. The Morgan fingerprint density at radius 3 is 2.55 bits per heavy atom. The Morgan fingerprint density at radius 2 is 1.87 bits per heavy atom. The van der Waals surface area contributed by atoms with E-state index in [4.69, 9.17) is 9.47 Å². The fourth-order valence-electron chi connectivity index (χ4n) is 4.29. The summed E-state index contributed by atoms with van der Waals surface area (Å²) in [7, 11) is -2.04. The number of esters is 1. The van der Waals surface area contributed by atoms with E-state index in [-0.39, 0.29) is 38.1 Å². The molecule has 0 bridgehead atoms. The lowest BCUT2D eigenvalue weighted by molar-refractivity contribution is -0.151. The molecule has 0 atom stereocenters. The number of rotatable bonds is 9. The van der Waals surface area contributed by atoms with Crippen LogP contribution in [0.2, 0.25) is 0 Å². The first-order chi connectivity index (χ1) is 14.9. The summed E-state index contributed by atoms with van der Waals surface area (Å²) in [5.41, 5.74) is 2.36. The Hall–Kier alpha value is -1.97. The summed E-state index contributed by atoms with van der Waals surface area (Å²) in [6, 6.07) is 5.43. The number of piperidine rings is 1. The molecule has 1 aromatic rings. The molecule has 0 unspecified atom stereocenters. The lowest BCUT2D eigenvalue weighted by Gasteiger charge is -2.33. The monoisotopic (exact) mass is 452 g/mol. The summed E-state index contributed by atoms with van der Waals surface area (Å²) < 4.78 is 37.7. The summed E-state index contributed by atoms with van der Waals surface area (Å²) >= 11 is 0. The third-order valence-electron chi connectivity index (χ3n) is 6.01. The van der Waals surface area contributed by atoms with Crippen molar-refractivity contribution in [3.8, 4) is 0 Å². The van der Waals surface area contributed by atoms with Gasteiger partial charge in [-0.05, 0) is 62.3 Å². The minimum atomic E-state index is -3.58. The van der Waals surface area contributed by atoms with Crippen LogP contribution in [0, 0.1) is 5.92 Å². The van der Waals surface area contributed by atoms with Gasteiger partial charge >= 0.3 is 5.97 Å². The Kier molecular flexibility index (Phi) is 8.07. The second-order valence-electron chi connectivity index (χ2n) is 8.02. The first-order valence-corrected chi connectivity index (χ1v) is 12.4. The molecule has 0 N–H and O–H groups in total. The number of hydrogen-bond donors (Lipinski definition) is 0. The number of carbonyl (C=O) groups excluding carboxylic acids is 2. The van der Waals surface area contributed by atoms with Gasteiger partial charge in [-0.25, -0.2) is 8.42 Å². The number of methoxy groups -OCH3 is 1. The maximum atomic E-state index is 13.1. The highest BCUT2D eigenvalue weighted by Crippen LogP contribution is 2.29. The van der Waals surface area contributed by atoms with Gasteiger partial charge < -0.3 is 14.4 Å². The molecule has 1 amide bonds. The number of hydrogen-bond acceptors (Lipinski definition) is 6. The van der Waals surface area contributed by atoms with Crippen LogP contribution in [0.3, 0.4) is 0 Å². The van der Waals surface area contributed by atoms with E-state index >= 15 is 0 Å². The van der Waals surface area contributed by atoms with Gasteiger partial charge in [0.1, 0.15) is 6.54 Å². The number of sulfonamides is 1. The molecule has 1 saturated heterocycles. The van der Waals surface area contributed by atoms with Gasteiger partial charge in [0.05, 0.1) is 18.1 Å². The van der Waals surface area contributed by atoms with Crippen LogP contribution in [0.15, 0.2) is 23.1 Å². The lowest BCUT2D eigenvalue weighted by atomic mass is 9.96. The van der Waals surface area contributed by atoms with Gasteiger partial charge in [0.2, 0.25) is 15.9 Å². The smallest absolute Gasteiger partial charge is 0.325 e. The molecule has 0 saturated carbocycles. The fraction of sp³-hybridized carbons (Fsp3) is 0.636. The molecular weight excluding hydrogens is 420 g/mol. The van der Waals surface area contributed by atoms with Crippen LogP contribution in [-0.2, 0) is 41.9 Å². The summed E-state index contributed by atoms with van der Waals surface area (Å²) in [6.45, 7) is 3.03. The zero-order chi connectivity index (χ0) is 22.4. The van der Waals surface area contributed by atoms with E-state index in [0.717, 1.165) is 24.8 Å². The average molecular weight is 453 g/mol. The molecule has 1 aliphatic heterocycles. The topological polar surface area (TPSA) is 93.2 Å². The highest BCUT2D eigenvalue weighted by Gasteiger charge is 2.34. The molecule has 8 nitrogen and oxygen atoms in total. The van der Waals surface area contributed by atoms with Gasteiger partial charge in [-0.3, -0.25) is 9.59 Å². The van der Waals surface area contributed by atoms with E-state index in [2.05, 4.69) is 0 Å². The lowest BCUT2D eigenvalue weighted by Crippen LogP contribution is -2.46. The summed E-state index contributed by atoms with van der Waals surface area (Å²) in [6.07, 6.45) is 3.85. The minimum absolute atomic E-state index is 0.121. The third-order valence-corrected chi connectivity index (χ3v) is 7.91. The number of fused-ring (bicyclic) bond motifs is 1. The van der Waals surface area contributed by atoms with Crippen molar-refractivity contribution in [2.75, 3.05) is 46.5 Å². The molecular formula is C22H32N2O6S. The Bertz CT molecular complexity index is 893. The van der Waals surface area contributed by atoms with E-state index in [1.54, 1.807) is 19.1 Å². The fourth-order valence-corrected chi connectivity index (χ4v) is 5.81. The predicted molar refractivity (Wildman–Crippen MR) is 115 cm³/mol. The van der Waals surface area contributed by atoms with Crippen molar-refractivity contribution in [2.24, 2.45) is 5.92 Å². The molecule has 0 aromatic heterocycles. The highest BCUT2D eigenvalue weighted by atomic mass is 32.2. The van der Waals surface area contributed by atoms with Crippen LogP contribution in [0.4, 0.5) is 0 Å². The van der Waals surface area contributed by atoms with Crippen molar-refractivity contribution in [2.45, 2.75) is 43.9 Å². The molecule has 31 heavy (non-hydrogen) atoms. The Labute approximate surface area is 184 Å². The van der Waals surface area contributed by atoms with Crippen molar-refractivity contribution in [1.82, 2.24) is 9.21 Å². The number of benzene rings is 1. The normalized spacial score (nSPS) is 17.4. The van der Waals surface area contributed by atoms with Crippen LogP contribution in [0.25, 0.3) is 0 Å². The average Bonchev–Trinajstić information content (AvgIpc) is 3.24. The van der Waals surface area contributed by atoms with E-state index in [9.17, 15) is 18.0 Å². The highest BCUT2D eigenvalue weighted by molar-refractivity contribution is 7.89. The molecule has 9 heteroatoms. The van der Waals surface area contributed by atoms with Crippen LogP contribution in [-0.4, -0.2) is 76.0 Å². The van der Waals surface area contributed by atoms with E-state index in [0.29, 0.717) is 30.9 Å². The van der Waals surface area contributed by atoms with Gasteiger partial charge in [0, 0.05) is 32.7 Å². The van der Waals surface area contributed by atoms with E-state index in [1.807, 2.05) is 6.07 Å². The first kappa shape index (κ1) is 23.7. The van der Waals surface area contributed by atoms with Crippen molar-refractivity contribution >= 4 is 21.9 Å². The number of ether oxygens (including phenoxy) is 2. The number of aryl methyl sites for hydroxylation is 2. The van der Waals surface area contributed by atoms with E-state index in [1.165, 1.54) is 21.9 Å². The minimum Gasteiger partial charge on any atom is -0.465 e. The molecule has 1 aliphatic carbocycles. The van der Waals surface area contributed by atoms with Crippen LogP contribution >= 0.6 is 0 Å². The first-order valence-electron chi connectivity index (χ1n) is 10.9. The molecule has 3 rings (SSSR count). The van der Waals surface area contributed by atoms with E-state index < -0.39 is 16.0 Å². The van der Waals surface area contributed by atoms with Crippen LogP contribution < -0.4 is 0 Å². The molecule has 2 aliphatic rings. The molecule has 0 spiro atoms. The van der Waals surface area contributed by atoms with Crippen molar-refractivity contribution in [3.05, 3.63) is 29.3 Å². The molecule has 1 fully saturated rings. The quantitative estimate of drug-likeness (QED) is 0.529. The van der Waals surface area contributed by atoms with Gasteiger partial charge in [-0.15, -0.1) is 0 Å². The van der Waals surface area contributed by atoms with Gasteiger partial charge in [-0.2, -0.15) is 4.31 Å². The molecule has 1 heterocycles. The van der Waals surface area contributed by atoms with Crippen molar-refractivity contribution in [3.63, 3.8) is 0 Å². The van der Waals surface area contributed by atoms with Gasteiger partial charge in [0.25, 0.3) is 0 Å². The van der Waals surface area contributed by atoms with Crippen molar-refractivity contribution < 1.29 is 27.5 Å². The van der Waals surface area contributed by atoms with Crippen molar-refractivity contribution in [1.29, 1.82) is 0 Å². The number of nitrogens with zero attached hydrogens (tertiary/aromatic N) is 2. The Balaban J connectivity index is 1.62. The van der Waals surface area contributed by atoms with Crippen LogP contribution in [0.5, 0.6) is 0 Å². The summed E-state index contributed by atoms with van der Waals surface area (Å²) in [4.78, 5) is 26.7. The number of amides is 1. The zero-order valence-electron chi connectivity index (χ0n) is 18.3. The molecule has 172 valence electrons. The Morgan fingerprint density at radius 1 is 1.16 bits per heavy atom. The largest absolute Gasteiger partial charge is 0.465 e. The second kappa shape index (κ2) is 10.6. The third kappa shape index (κ3) is 5.64. The molecule has 1 aromatic carbocycles.